The summed E-state index contributed by atoms with van der Waals surface area (Å²) in [5.41, 5.74) is -0.0344. The minimum Gasteiger partial charge on any atom is -0.394 e. The number of nitrogens with zero attached hydrogens (tertiary/aromatic N) is 3. The van der Waals surface area contributed by atoms with E-state index in [1.54, 1.807) is 0 Å². The van der Waals surface area contributed by atoms with Crippen molar-refractivity contribution in [1.29, 1.82) is 0 Å². The minimum absolute atomic E-state index is 0.0344. The van der Waals surface area contributed by atoms with Crippen LogP contribution in [0.1, 0.15) is 57.8 Å². The van der Waals surface area contributed by atoms with Gasteiger partial charge in [0.15, 0.2) is 0 Å². The normalized spacial score (nSPS) is 37.6. The highest BCUT2D eigenvalue weighted by Gasteiger charge is 2.53. The molecule has 4 saturated carbocycles. The number of sulfone groups is 1. The van der Waals surface area contributed by atoms with Crippen molar-refractivity contribution in [2.45, 2.75) is 63.0 Å². The molecule has 0 N–H and O–H groups in total. The molecule has 0 amide bonds. The number of aromatic nitrogens is 2. The van der Waals surface area contributed by atoms with E-state index in [9.17, 15) is 8.42 Å². The molecule has 7 heteroatoms. The van der Waals surface area contributed by atoms with Crippen molar-refractivity contribution in [2.24, 2.45) is 23.2 Å². The molecule has 1 aromatic heterocycles. The van der Waals surface area contributed by atoms with E-state index >= 15 is 0 Å². The smallest absolute Gasteiger partial charge is 0.336 e. The van der Waals surface area contributed by atoms with Crippen molar-refractivity contribution in [3.63, 3.8) is 0 Å². The molecule has 5 aliphatic rings. The summed E-state index contributed by atoms with van der Waals surface area (Å²) < 4.78 is 31.6. The molecule has 1 saturated heterocycles. The SMILES string of the molecule is O=S(=O)(CC12CC3CC(CC(C3)C1)C2)c1nnc(N2CCCCC2)o1. The van der Waals surface area contributed by atoms with Crippen molar-refractivity contribution in [3.05, 3.63) is 0 Å². The fourth-order valence-corrected chi connectivity index (χ4v) is 8.12. The van der Waals surface area contributed by atoms with Crippen LogP contribution >= 0.6 is 0 Å². The van der Waals surface area contributed by atoms with Gasteiger partial charge in [0.1, 0.15) is 0 Å². The van der Waals surface area contributed by atoms with E-state index in [-0.39, 0.29) is 16.4 Å². The third-order valence-corrected chi connectivity index (χ3v) is 8.64. The van der Waals surface area contributed by atoms with Gasteiger partial charge in [-0.2, -0.15) is 0 Å². The number of hydrogen-bond donors (Lipinski definition) is 0. The summed E-state index contributed by atoms with van der Waals surface area (Å²) in [5, 5.41) is 7.78. The lowest BCUT2D eigenvalue weighted by Gasteiger charge is -2.56. The zero-order valence-electron chi connectivity index (χ0n) is 14.7. The van der Waals surface area contributed by atoms with Crippen molar-refractivity contribution < 1.29 is 12.8 Å². The molecular weight excluding hydrogens is 338 g/mol. The number of piperidine rings is 1. The third-order valence-electron chi connectivity index (χ3n) is 6.95. The molecule has 0 radical (unpaired) electrons. The van der Waals surface area contributed by atoms with Crippen LogP contribution in [0.15, 0.2) is 9.64 Å². The fourth-order valence-electron chi connectivity index (χ4n) is 6.47. The van der Waals surface area contributed by atoms with Crippen LogP contribution in [-0.4, -0.2) is 37.5 Å². The molecule has 0 atom stereocenters. The van der Waals surface area contributed by atoms with Gasteiger partial charge in [0.05, 0.1) is 5.75 Å². The van der Waals surface area contributed by atoms with Gasteiger partial charge in [-0.25, -0.2) is 8.42 Å². The fraction of sp³-hybridized carbons (Fsp3) is 0.889. The molecule has 0 aromatic carbocycles. The van der Waals surface area contributed by atoms with Crippen molar-refractivity contribution in [3.8, 4) is 0 Å². The second-order valence-corrected chi connectivity index (χ2v) is 10.9. The van der Waals surface area contributed by atoms with E-state index in [0.29, 0.717) is 6.01 Å². The Balaban J connectivity index is 1.36. The van der Waals surface area contributed by atoms with Crippen LogP contribution in [0.4, 0.5) is 6.01 Å². The molecule has 25 heavy (non-hydrogen) atoms. The molecule has 4 aliphatic carbocycles. The minimum atomic E-state index is -3.51. The van der Waals surface area contributed by atoms with Gasteiger partial charge in [-0.05, 0) is 81.0 Å². The molecule has 6 nitrogen and oxygen atoms in total. The van der Waals surface area contributed by atoms with Gasteiger partial charge < -0.3 is 9.32 Å². The van der Waals surface area contributed by atoms with Gasteiger partial charge in [-0.1, -0.05) is 10.2 Å². The summed E-state index contributed by atoms with van der Waals surface area (Å²) in [6, 6.07) is 0.379. The standard InChI is InChI=1S/C18H27N3O3S/c22-25(23,17-20-19-16(24-17)21-4-2-1-3-5-21)12-18-9-13-6-14(10-18)8-15(7-13)11-18/h13-15H,1-12H2. The highest BCUT2D eigenvalue weighted by molar-refractivity contribution is 7.91. The van der Waals surface area contributed by atoms with E-state index in [4.69, 9.17) is 4.42 Å². The van der Waals surface area contributed by atoms with Crippen LogP contribution in [0.3, 0.4) is 0 Å². The van der Waals surface area contributed by atoms with Crippen LogP contribution in [0.5, 0.6) is 0 Å². The van der Waals surface area contributed by atoms with Gasteiger partial charge in [-0.3, -0.25) is 0 Å². The predicted octanol–water partition coefficient (Wildman–Crippen LogP) is 3.05. The van der Waals surface area contributed by atoms with Crippen molar-refractivity contribution >= 4 is 15.9 Å². The van der Waals surface area contributed by atoms with Crippen LogP contribution in [0, 0.1) is 23.2 Å². The quantitative estimate of drug-likeness (QED) is 0.816. The average molecular weight is 365 g/mol. The lowest BCUT2D eigenvalue weighted by atomic mass is 9.50. The lowest BCUT2D eigenvalue weighted by molar-refractivity contribution is -0.0391. The van der Waals surface area contributed by atoms with Gasteiger partial charge in [0.25, 0.3) is 0 Å². The molecule has 1 aromatic rings. The molecule has 138 valence electrons. The molecule has 0 unspecified atom stereocenters. The molecule has 5 fully saturated rings. The second-order valence-electron chi connectivity index (χ2n) is 9.07. The summed E-state index contributed by atoms with van der Waals surface area (Å²) >= 11 is 0. The average Bonchev–Trinajstić information content (AvgIpc) is 3.04. The Bertz CT molecular complexity index is 716. The summed E-state index contributed by atoms with van der Waals surface area (Å²) in [6.07, 6.45) is 10.6. The van der Waals surface area contributed by atoms with Gasteiger partial charge in [-0.15, -0.1) is 0 Å². The van der Waals surface area contributed by atoms with E-state index < -0.39 is 9.84 Å². The predicted molar refractivity (Wildman–Crippen MR) is 93.0 cm³/mol. The zero-order valence-corrected chi connectivity index (χ0v) is 15.5. The Kier molecular flexibility index (Phi) is 3.67. The first-order valence-electron chi connectivity index (χ1n) is 9.83. The molecular formula is C18H27N3O3S. The summed E-state index contributed by atoms with van der Waals surface area (Å²) in [6.45, 7) is 1.74. The zero-order chi connectivity index (χ0) is 17.1. The number of anilines is 1. The van der Waals surface area contributed by atoms with Crippen molar-refractivity contribution in [2.75, 3.05) is 23.7 Å². The van der Waals surface area contributed by atoms with E-state index in [0.717, 1.165) is 62.9 Å². The van der Waals surface area contributed by atoms with E-state index in [1.807, 2.05) is 4.90 Å². The first-order chi connectivity index (χ1) is 12.0. The Morgan fingerprint density at radius 2 is 1.56 bits per heavy atom. The molecule has 1 aliphatic heterocycles. The summed E-state index contributed by atoms with van der Waals surface area (Å²) in [7, 11) is -3.51. The molecule has 6 rings (SSSR count). The Labute approximate surface area is 149 Å². The Hall–Kier alpha value is -1.11. The maximum Gasteiger partial charge on any atom is 0.336 e. The topological polar surface area (TPSA) is 76.3 Å². The number of hydrogen-bond acceptors (Lipinski definition) is 6. The van der Waals surface area contributed by atoms with E-state index in [2.05, 4.69) is 10.2 Å². The maximum atomic E-state index is 13.0. The Morgan fingerprint density at radius 1 is 0.960 bits per heavy atom. The Morgan fingerprint density at radius 3 is 2.16 bits per heavy atom. The second kappa shape index (κ2) is 5.69. The molecule has 4 bridgehead atoms. The molecule has 2 heterocycles. The third kappa shape index (κ3) is 2.88. The van der Waals surface area contributed by atoms with Crippen LogP contribution < -0.4 is 4.90 Å². The van der Waals surface area contributed by atoms with Gasteiger partial charge in [0.2, 0.25) is 9.84 Å². The highest BCUT2D eigenvalue weighted by atomic mass is 32.2. The summed E-state index contributed by atoms with van der Waals surface area (Å²) in [4.78, 5) is 2.01. The van der Waals surface area contributed by atoms with Gasteiger partial charge in [0, 0.05) is 13.1 Å². The van der Waals surface area contributed by atoms with Gasteiger partial charge >= 0.3 is 11.2 Å². The molecule has 0 spiro atoms. The first kappa shape index (κ1) is 16.1. The summed E-state index contributed by atoms with van der Waals surface area (Å²) in [5.74, 6) is 2.43. The van der Waals surface area contributed by atoms with Crippen LogP contribution in [-0.2, 0) is 9.84 Å². The van der Waals surface area contributed by atoms with Crippen LogP contribution in [0.2, 0.25) is 0 Å². The van der Waals surface area contributed by atoms with E-state index in [1.165, 1.54) is 25.7 Å². The lowest BCUT2D eigenvalue weighted by Crippen LogP contribution is -2.49. The monoisotopic (exact) mass is 365 g/mol. The number of rotatable bonds is 4. The maximum absolute atomic E-state index is 13.0. The first-order valence-corrected chi connectivity index (χ1v) is 11.5. The highest BCUT2D eigenvalue weighted by Crippen LogP contribution is 2.60. The largest absolute Gasteiger partial charge is 0.394 e. The van der Waals surface area contributed by atoms with Crippen molar-refractivity contribution in [1.82, 2.24) is 10.2 Å². The van der Waals surface area contributed by atoms with Crippen LogP contribution in [0.25, 0.3) is 0 Å².